The van der Waals surface area contributed by atoms with Crippen LogP contribution in [0.15, 0.2) is 206 Å². The molecule has 3 heterocycles. The van der Waals surface area contributed by atoms with Crippen LogP contribution < -0.4 is 0 Å². The molecule has 0 fully saturated rings. The number of aromatic nitrogens is 4. The average molecular weight is 783 g/mol. The molecule has 0 N–H and O–H groups in total. The van der Waals surface area contributed by atoms with Gasteiger partial charge in [0, 0.05) is 47.6 Å². The fourth-order valence-electron chi connectivity index (χ4n) is 8.72. The lowest BCUT2D eigenvalue weighted by Gasteiger charge is -2.16. The molecule has 0 atom stereocenters. The van der Waals surface area contributed by atoms with Crippen LogP contribution in [-0.2, 0) is 0 Å². The van der Waals surface area contributed by atoms with E-state index in [0.717, 1.165) is 55.7 Å². The molecule has 0 saturated carbocycles. The molecule has 12 aromatic rings. The number of benzene rings is 9. The molecule has 0 bridgehead atoms. The first-order valence-electron chi connectivity index (χ1n) is 20.2. The molecule has 0 spiro atoms. The minimum absolute atomic E-state index is 0.611. The Morgan fingerprint density at radius 3 is 1.60 bits per heavy atom. The number of fused-ring (bicyclic) bond motifs is 7. The maximum atomic E-state index is 5.34. The lowest BCUT2D eigenvalue weighted by atomic mass is 10.0. The summed E-state index contributed by atoms with van der Waals surface area (Å²) in [7, 11) is 0. The first kappa shape index (κ1) is 34.3. The van der Waals surface area contributed by atoms with Crippen LogP contribution in [0.3, 0.4) is 0 Å². The van der Waals surface area contributed by atoms with Gasteiger partial charge in [-0.1, -0.05) is 158 Å². The van der Waals surface area contributed by atoms with Crippen LogP contribution in [0.5, 0.6) is 0 Å². The molecule has 0 amide bonds. The van der Waals surface area contributed by atoms with E-state index in [4.69, 9.17) is 15.0 Å². The third kappa shape index (κ3) is 5.78. The van der Waals surface area contributed by atoms with E-state index in [0.29, 0.717) is 17.5 Å². The van der Waals surface area contributed by atoms with E-state index in [1.807, 2.05) is 29.5 Å². The minimum atomic E-state index is 0.611. The van der Waals surface area contributed by atoms with Crippen molar-refractivity contribution in [2.24, 2.45) is 0 Å². The highest BCUT2D eigenvalue weighted by Crippen LogP contribution is 2.41. The maximum absolute atomic E-state index is 5.34. The topological polar surface area (TPSA) is 43.6 Å². The Labute approximate surface area is 350 Å². The van der Waals surface area contributed by atoms with Gasteiger partial charge >= 0.3 is 0 Å². The number of para-hydroxylation sites is 2. The minimum Gasteiger partial charge on any atom is -0.308 e. The van der Waals surface area contributed by atoms with Gasteiger partial charge in [0.05, 0.1) is 16.7 Å². The molecule has 0 aliphatic rings. The summed E-state index contributed by atoms with van der Waals surface area (Å²) in [4.78, 5) is 15.8. The van der Waals surface area contributed by atoms with E-state index in [1.165, 1.54) is 41.7 Å². The summed E-state index contributed by atoms with van der Waals surface area (Å²) in [5.41, 5.74) is 10.6. The van der Waals surface area contributed by atoms with E-state index >= 15 is 0 Å². The van der Waals surface area contributed by atoms with Crippen molar-refractivity contribution in [1.82, 2.24) is 19.5 Å². The van der Waals surface area contributed by atoms with E-state index in [1.54, 1.807) is 0 Å². The molecule has 3 aromatic heterocycles. The van der Waals surface area contributed by atoms with Gasteiger partial charge in [-0.15, -0.1) is 11.3 Å². The van der Waals surface area contributed by atoms with Gasteiger partial charge in [-0.05, 0) is 81.6 Å². The summed E-state index contributed by atoms with van der Waals surface area (Å²) in [5, 5.41) is 7.52. The zero-order chi connectivity index (χ0) is 39.6. The lowest BCUT2D eigenvalue weighted by molar-refractivity contribution is 1.06. The summed E-state index contributed by atoms with van der Waals surface area (Å²) < 4.78 is 4.94. The van der Waals surface area contributed by atoms with Gasteiger partial charge in [-0.25, -0.2) is 15.0 Å². The Hall–Kier alpha value is -7.73. The molecule has 0 aliphatic carbocycles. The van der Waals surface area contributed by atoms with Crippen molar-refractivity contribution in [2.75, 3.05) is 0 Å². The van der Waals surface area contributed by atoms with E-state index in [2.05, 4.69) is 193 Å². The molecule has 60 heavy (non-hydrogen) atoms. The Morgan fingerprint density at radius 2 is 0.850 bits per heavy atom. The molecule has 4 nitrogen and oxygen atoms in total. The molecule has 5 heteroatoms. The monoisotopic (exact) mass is 782 g/mol. The zero-order valence-electron chi connectivity index (χ0n) is 32.3. The summed E-state index contributed by atoms with van der Waals surface area (Å²) in [6, 6.07) is 73.3. The van der Waals surface area contributed by atoms with E-state index < -0.39 is 0 Å². The number of hydrogen-bond donors (Lipinski definition) is 0. The highest BCUT2D eigenvalue weighted by Gasteiger charge is 2.20. The van der Waals surface area contributed by atoms with Gasteiger partial charge < -0.3 is 4.57 Å². The quantitative estimate of drug-likeness (QED) is 0.169. The first-order chi connectivity index (χ1) is 29.7. The molecule has 280 valence electrons. The average Bonchev–Trinajstić information content (AvgIpc) is 3.85. The van der Waals surface area contributed by atoms with Gasteiger partial charge in [0.2, 0.25) is 0 Å². The third-order valence-electron chi connectivity index (χ3n) is 11.6. The van der Waals surface area contributed by atoms with Gasteiger partial charge in [0.1, 0.15) is 0 Å². The van der Waals surface area contributed by atoms with E-state index in [9.17, 15) is 0 Å². The van der Waals surface area contributed by atoms with Crippen LogP contribution >= 0.6 is 11.3 Å². The SMILES string of the molecule is c1ccc(-c2ccc(-c3nc(-c4ccccc4)nc(-c4cccc(-c5ccc6c(c5)sc5cc7ccccc7cc56)c4)n3)c(-n3c4ccccc4c4ccccc43)c2)cc1. The van der Waals surface area contributed by atoms with Gasteiger partial charge in [0.15, 0.2) is 17.5 Å². The van der Waals surface area contributed by atoms with Crippen LogP contribution in [0, 0.1) is 0 Å². The number of hydrogen-bond acceptors (Lipinski definition) is 4. The highest BCUT2D eigenvalue weighted by atomic mass is 32.1. The lowest BCUT2D eigenvalue weighted by Crippen LogP contribution is -2.04. The van der Waals surface area contributed by atoms with Crippen molar-refractivity contribution in [3.63, 3.8) is 0 Å². The van der Waals surface area contributed by atoms with Crippen LogP contribution in [0.25, 0.3) is 115 Å². The fourth-order valence-corrected chi connectivity index (χ4v) is 9.89. The summed E-state index contributed by atoms with van der Waals surface area (Å²) in [5.74, 6) is 1.86. The molecule has 0 saturated heterocycles. The van der Waals surface area contributed by atoms with Crippen molar-refractivity contribution >= 4 is 64.1 Å². The molecular formula is C55H34N4S. The van der Waals surface area contributed by atoms with E-state index in [-0.39, 0.29) is 0 Å². The second-order valence-electron chi connectivity index (χ2n) is 15.2. The predicted octanol–water partition coefficient (Wildman–Crippen LogP) is 14.8. The maximum Gasteiger partial charge on any atom is 0.166 e. The molecule has 0 aliphatic heterocycles. The van der Waals surface area contributed by atoms with Crippen molar-refractivity contribution in [3.05, 3.63) is 206 Å². The highest BCUT2D eigenvalue weighted by molar-refractivity contribution is 7.25. The number of thiophene rings is 1. The van der Waals surface area contributed by atoms with Crippen LogP contribution in [0.4, 0.5) is 0 Å². The second kappa shape index (κ2) is 14.0. The van der Waals surface area contributed by atoms with Gasteiger partial charge in [-0.3, -0.25) is 0 Å². The first-order valence-corrected chi connectivity index (χ1v) is 21.0. The van der Waals surface area contributed by atoms with Crippen molar-refractivity contribution in [3.8, 4) is 62.1 Å². The number of rotatable bonds is 6. The Balaban J connectivity index is 1.04. The molecular weight excluding hydrogens is 749 g/mol. The Kier molecular flexibility index (Phi) is 8.00. The summed E-state index contributed by atoms with van der Waals surface area (Å²) in [6.07, 6.45) is 0. The normalized spacial score (nSPS) is 11.7. The van der Waals surface area contributed by atoms with Gasteiger partial charge in [-0.2, -0.15) is 0 Å². The van der Waals surface area contributed by atoms with Crippen LogP contribution in [0.1, 0.15) is 0 Å². The Bertz CT molecular complexity index is 3550. The molecule has 0 radical (unpaired) electrons. The molecule has 12 rings (SSSR count). The summed E-state index contributed by atoms with van der Waals surface area (Å²) in [6.45, 7) is 0. The molecule has 0 unspecified atom stereocenters. The van der Waals surface area contributed by atoms with Gasteiger partial charge in [0.25, 0.3) is 0 Å². The van der Waals surface area contributed by atoms with Crippen molar-refractivity contribution in [1.29, 1.82) is 0 Å². The smallest absolute Gasteiger partial charge is 0.166 e. The van der Waals surface area contributed by atoms with Crippen molar-refractivity contribution < 1.29 is 0 Å². The second-order valence-corrected chi connectivity index (χ2v) is 16.3. The number of nitrogens with zero attached hydrogens (tertiary/aromatic N) is 4. The standard InChI is InChI=1S/C55H34N4S/c1-3-14-35(15-4-1)40-27-29-46(50(32-40)59-48-24-11-9-22-43(48)44-23-10-12-25-49(44)59)55-57-53(36-16-5-2-6-17-36)56-54(58-55)42-21-13-20-37(30-42)41-26-28-45-47-31-38-18-7-8-19-39(38)33-52(47)60-51(45)34-41/h1-34H. The Morgan fingerprint density at radius 1 is 0.317 bits per heavy atom. The fraction of sp³-hybridized carbons (Fsp3) is 0. The summed E-state index contributed by atoms with van der Waals surface area (Å²) >= 11 is 1.85. The van der Waals surface area contributed by atoms with Crippen LogP contribution in [-0.4, -0.2) is 19.5 Å². The van der Waals surface area contributed by atoms with Crippen LogP contribution in [0.2, 0.25) is 0 Å². The zero-order valence-corrected chi connectivity index (χ0v) is 33.1. The molecule has 9 aromatic carbocycles. The third-order valence-corrected chi connectivity index (χ3v) is 12.7. The largest absolute Gasteiger partial charge is 0.308 e. The van der Waals surface area contributed by atoms with Crippen molar-refractivity contribution in [2.45, 2.75) is 0 Å². The predicted molar refractivity (Wildman–Crippen MR) is 252 cm³/mol.